The van der Waals surface area contributed by atoms with Crippen LogP contribution in [0.15, 0.2) is 12.2 Å². The van der Waals surface area contributed by atoms with Gasteiger partial charge in [0, 0.05) is 12.8 Å². The maximum Gasteiger partial charge on any atom is 0.472 e. The van der Waals surface area contributed by atoms with Gasteiger partial charge in [0.2, 0.25) is 0 Å². The Hall–Kier alpha value is -1.78. The lowest BCUT2D eigenvalue weighted by Gasteiger charge is -2.20. The molecule has 0 aliphatic rings. The fourth-order valence-electron chi connectivity index (χ4n) is 4.82. The van der Waals surface area contributed by atoms with Gasteiger partial charge in [0.25, 0.3) is 0 Å². The number of hydrogen-bond donors (Lipinski definition) is 3. The number of phosphoric acid groups is 1. The largest absolute Gasteiger partial charge is 0.480 e. The molecule has 11 nitrogen and oxygen atoms in total. The Kier molecular flexibility index (Phi) is 30.3. The van der Waals surface area contributed by atoms with Gasteiger partial charge in [-0.25, -0.2) is 4.57 Å². The van der Waals surface area contributed by atoms with Crippen molar-refractivity contribution in [3.63, 3.8) is 0 Å². The summed E-state index contributed by atoms with van der Waals surface area (Å²) < 4.78 is 32.5. The first-order valence-electron chi connectivity index (χ1n) is 18.2. The van der Waals surface area contributed by atoms with Crippen LogP contribution in [0.25, 0.3) is 0 Å². The number of rotatable bonds is 34. The summed E-state index contributed by atoms with van der Waals surface area (Å²) in [4.78, 5) is 45.6. The maximum absolute atomic E-state index is 12.5. The molecule has 0 radical (unpaired) electrons. The Bertz CT molecular complexity index is 869. The van der Waals surface area contributed by atoms with E-state index in [0.717, 1.165) is 57.8 Å². The Morgan fingerprint density at radius 3 is 1.57 bits per heavy atom. The normalized spacial score (nSPS) is 14.1. The first-order valence-corrected chi connectivity index (χ1v) is 19.7. The fourth-order valence-corrected chi connectivity index (χ4v) is 5.60. The molecule has 0 fully saturated rings. The highest BCUT2D eigenvalue weighted by molar-refractivity contribution is 7.47. The Morgan fingerprint density at radius 1 is 0.638 bits per heavy atom. The molecule has 4 N–H and O–H groups in total. The first kappa shape index (κ1) is 45.2. The molecule has 0 saturated carbocycles. The third-order valence-corrected chi connectivity index (χ3v) is 8.71. The van der Waals surface area contributed by atoms with E-state index in [2.05, 4.69) is 30.5 Å². The number of aliphatic carboxylic acids is 1. The summed E-state index contributed by atoms with van der Waals surface area (Å²) in [6.07, 6.45) is 27.2. The number of hydrogen-bond acceptors (Lipinski definition) is 9. The van der Waals surface area contributed by atoms with E-state index in [-0.39, 0.29) is 19.4 Å². The second-order valence-electron chi connectivity index (χ2n) is 12.4. The van der Waals surface area contributed by atoms with Crippen LogP contribution in [0.2, 0.25) is 0 Å². The molecule has 47 heavy (non-hydrogen) atoms. The number of carbonyl (C=O) groups is 3. The summed E-state index contributed by atoms with van der Waals surface area (Å²) in [5, 5.41) is 8.84. The van der Waals surface area contributed by atoms with Crippen LogP contribution in [0.5, 0.6) is 0 Å². The van der Waals surface area contributed by atoms with Crippen molar-refractivity contribution in [1.29, 1.82) is 0 Å². The molecule has 0 amide bonds. The molecule has 0 bridgehead atoms. The standard InChI is InChI=1S/C35H66NO10P/c1-3-5-7-9-11-13-15-16-17-19-20-22-24-26-33(37)43-28-31(29-44-47(41,42)45-30-32(36)35(39)40)46-34(38)27-25-23-21-18-14-12-10-8-6-4-2/h13,15,31-32H,3-12,14,16-30,36H2,1-2H3,(H,39,40)(H,41,42)/b15-13-/t31-,32+/m1/s1. The molecule has 0 saturated heterocycles. The van der Waals surface area contributed by atoms with Crippen molar-refractivity contribution >= 4 is 25.7 Å². The zero-order valence-corrected chi connectivity index (χ0v) is 30.3. The van der Waals surface area contributed by atoms with Gasteiger partial charge in [-0.3, -0.25) is 23.4 Å². The summed E-state index contributed by atoms with van der Waals surface area (Å²) in [7, 11) is -4.70. The summed E-state index contributed by atoms with van der Waals surface area (Å²) in [6.45, 7) is 2.74. The lowest BCUT2D eigenvalue weighted by Crippen LogP contribution is -2.34. The zero-order valence-electron chi connectivity index (χ0n) is 29.4. The van der Waals surface area contributed by atoms with Crippen molar-refractivity contribution in [3.05, 3.63) is 12.2 Å². The Morgan fingerprint density at radius 2 is 1.06 bits per heavy atom. The van der Waals surface area contributed by atoms with Crippen LogP contribution in [-0.2, 0) is 37.5 Å². The van der Waals surface area contributed by atoms with Crippen molar-refractivity contribution in [2.75, 3.05) is 19.8 Å². The van der Waals surface area contributed by atoms with E-state index in [9.17, 15) is 23.8 Å². The van der Waals surface area contributed by atoms with Crippen LogP contribution < -0.4 is 5.73 Å². The van der Waals surface area contributed by atoms with E-state index in [4.69, 9.17) is 24.8 Å². The van der Waals surface area contributed by atoms with Crippen LogP contribution in [0.3, 0.4) is 0 Å². The molecule has 0 aromatic rings. The van der Waals surface area contributed by atoms with E-state index in [0.29, 0.717) is 12.8 Å². The molecule has 3 atom stereocenters. The van der Waals surface area contributed by atoms with Crippen LogP contribution in [0, 0.1) is 0 Å². The average Bonchev–Trinajstić information content (AvgIpc) is 3.04. The second kappa shape index (κ2) is 31.5. The van der Waals surface area contributed by atoms with Crippen molar-refractivity contribution in [1.82, 2.24) is 0 Å². The van der Waals surface area contributed by atoms with Crippen LogP contribution >= 0.6 is 7.82 Å². The predicted octanol–water partition coefficient (Wildman–Crippen LogP) is 8.56. The fraction of sp³-hybridized carbons (Fsp3) is 0.857. The Labute approximate surface area is 284 Å². The van der Waals surface area contributed by atoms with E-state index >= 15 is 0 Å². The summed E-state index contributed by atoms with van der Waals surface area (Å²) in [5.74, 6) is -2.39. The lowest BCUT2D eigenvalue weighted by molar-refractivity contribution is -0.161. The van der Waals surface area contributed by atoms with Gasteiger partial charge in [0.05, 0.1) is 13.2 Å². The van der Waals surface area contributed by atoms with Crippen molar-refractivity contribution in [2.45, 2.75) is 174 Å². The minimum atomic E-state index is -4.70. The molecule has 276 valence electrons. The highest BCUT2D eigenvalue weighted by Crippen LogP contribution is 2.43. The van der Waals surface area contributed by atoms with Crippen molar-refractivity contribution in [2.24, 2.45) is 5.73 Å². The number of allylic oxidation sites excluding steroid dienone is 2. The number of nitrogens with two attached hydrogens (primary N) is 1. The van der Waals surface area contributed by atoms with E-state index in [1.165, 1.54) is 64.2 Å². The highest BCUT2D eigenvalue weighted by Gasteiger charge is 2.28. The molecule has 0 heterocycles. The summed E-state index contributed by atoms with van der Waals surface area (Å²) in [5.41, 5.74) is 5.30. The number of phosphoric ester groups is 1. The highest BCUT2D eigenvalue weighted by atomic mass is 31.2. The van der Waals surface area contributed by atoms with Crippen LogP contribution in [-0.4, -0.2) is 59.9 Å². The number of unbranched alkanes of at least 4 members (excludes halogenated alkanes) is 18. The van der Waals surface area contributed by atoms with E-state index in [1.807, 2.05) is 0 Å². The van der Waals surface area contributed by atoms with Gasteiger partial charge in [-0.05, 0) is 38.5 Å². The molecule has 12 heteroatoms. The SMILES string of the molecule is CCCCCC/C=C\CCCCCCCC(=O)OC[C@H](COP(=O)(O)OC[C@H](N)C(=O)O)OC(=O)CCCCCCCCCCCC. The third-order valence-electron chi connectivity index (χ3n) is 7.76. The third kappa shape index (κ3) is 31.3. The number of carboxylic acids is 1. The molecular weight excluding hydrogens is 625 g/mol. The van der Waals surface area contributed by atoms with E-state index in [1.54, 1.807) is 0 Å². The summed E-state index contributed by atoms with van der Waals surface area (Å²) in [6, 6.07) is -1.52. The topological polar surface area (TPSA) is 172 Å². The molecule has 0 rings (SSSR count). The number of ether oxygens (including phenoxy) is 2. The molecule has 1 unspecified atom stereocenters. The molecule has 0 aromatic heterocycles. The van der Waals surface area contributed by atoms with E-state index < -0.39 is 51.1 Å². The minimum Gasteiger partial charge on any atom is -0.480 e. The molecule has 0 aliphatic heterocycles. The van der Waals surface area contributed by atoms with Gasteiger partial charge in [-0.2, -0.15) is 0 Å². The smallest absolute Gasteiger partial charge is 0.472 e. The number of carboxylic acid groups (broad SMARTS) is 1. The predicted molar refractivity (Wildman–Crippen MR) is 185 cm³/mol. The maximum atomic E-state index is 12.5. The van der Waals surface area contributed by atoms with Gasteiger partial charge in [-0.15, -0.1) is 0 Å². The number of esters is 2. The minimum absolute atomic E-state index is 0.163. The van der Waals surface area contributed by atoms with Gasteiger partial charge in [0.15, 0.2) is 6.10 Å². The summed E-state index contributed by atoms with van der Waals surface area (Å²) >= 11 is 0. The quantitative estimate of drug-likeness (QED) is 0.0255. The second-order valence-corrected chi connectivity index (χ2v) is 13.8. The molecule has 0 aromatic carbocycles. The van der Waals surface area contributed by atoms with Gasteiger partial charge < -0.3 is 25.2 Å². The monoisotopic (exact) mass is 691 g/mol. The molecular formula is C35H66NO10P. The zero-order chi connectivity index (χ0) is 35.0. The van der Waals surface area contributed by atoms with Crippen molar-refractivity contribution < 1.29 is 47.5 Å². The van der Waals surface area contributed by atoms with Crippen LogP contribution in [0.4, 0.5) is 0 Å². The molecule has 0 spiro atoms. The van der Waals surface area contributed by atoms with Gasteiger partial charge in [-0.1, -0.05) is 122 Å². The molecule has 0 aliphatic carbocycles. The first-order chi connectivity index (χ1) is 22.6. The Balaban J connectivity index is 4.46. The van der Waals surface area contributed by atoms with Gasteiger partial charge in [0.1, 0.15) is 12.6 Å². The van der Waals surface area contributed by atoms with Crippen molar-refractivity contribution in [3.8, 4) is 0 Å². The van der Waals surface area contributed by atoms with Crippen LogP contribution in [0.1, 0.15) is 162 Å². The average molecular weight is 692 g/mol. The number of carbonyl (C=O) groups excluding carboxylic acids is 2. The lowest BCUT2D eigenvalue weighted by atomic mass is 10.1. The van der Waals surface area contributed by atoms with Gasteiger partial charge >= 0.3 is 25.7 Å².